The number of hydrogen-bond donors (Lipinski definition) is 3. The number of nitrogens with zero attached hydrogens (tertiary/aromatic N) is 2. The highest BCUT2D eigenvalue weighted by Gasteiger charge is 2.34. The van der Waals surface area contributed by atoms with Gasteiger partial charge in [-0.3, -0.25) is 9.89 Å². The lowest BCUT2D eigenvalue weighted by Crippen LogP contribution is -2.43. The highest BCUT2D eigenvalue weighted by atomic mass is 16.5. The van der Waals surface area contributed by atoms with Crippen molar-refractivity contribution in [3.8, 4) is 0 Å². The molecule has 7 heteroatoms. The fourth-order valence-corrected chi connectivity index (χ4v) is 4.16. The van der Waals surface area contributed by atoms with Crippen LogP contribution in [0.4, 0.5) is 0 Å². The van der Waals surface area contributed by atoms with E-state index in [1.165, 1.54) is 12.8 Å². The van der Waals surface area contributed by atoms with E-state index in [4.69, 9.17) is 14.1 Å². The maximum absolute atomic E-state index is 9.43. The van der Waals surface area contributed by atoms with Gasteiger partial charge in [0.2, 0.25) is 0 Å². The lowest BCUT2D eigenvalue weighted by Gasteiger charge is -2.28. The number of rotatable bonds is 9. The number of furan rings is 1. The van der Waals surface area contributed by atoms with Crippen molar-refractivity contribution in [1.82, 2.24) is 15.5 Å². The van der Waals surface area contributed by atoms with Gasteiger partial charge in [0.15, 0.2) is 5.96 Å². The highest BCUT2D eigenvalue weighted by molar-refractivity contribution is 5.79. The molecule has 2 unspecified atom stereocenters. The number of guanidine groups is 1. The number of aliphatic imine (C=N–C) groups is 1. The molecule has 0 bridgehead atoms. The molecule has 158 valence electrons. The Labute approximate surface area is 168 Å². The minimum Gasteiger partial charge on any atom is -0.465 e. The SMILES string of the molecule is CCNC(=NCC1(CCO)CCOC1)NCC(c1ccc(C)o1)N1CCCC1. The minimum absolute atomic E-state index is 0.0381. The van der Waals surface area contributed by atoms with E-state index in [1.54, 1.807) is 0 Å². The van der Waals surface area contributed by atoms with Gasteiger partial charge in [-0.05, 0) is 64.8 Å². The van der Waals surface area contributed by atoms with E-state index in [0.29, 0.717) is 13.2 Å². The number of aliphatic hydroxyl groups excluding tert-OH is 1. The minimum atomic E-state index is -0.0381. The largest absolute Gasteiger partial charge is 0.465 e. The fraction of sp³-hybridized carbons (Fsp3) is 0.762. The van der Waals surface area contributed by atoms with Crippen molar-refractivity contribution in [1.29, 1.82) is 0 Å². The summed E-state index contributed by atoms with van der Waals surface area (Å²) in [6.07, 6.45) is 4.18. The molecule has 0 saturated carbocycles. The average molecular weight is 393 g/mol. The van der Waals surface area contributed by atoms with Gasteiger partial charge < -0.3 is 24.9 Å². The van der Waals surface area contributed by atoms with Crippen LogP contribution in [-0.2, 0) is 4.74 Å². The summed E-state index contributed by atoms with van der Waals surface area (Å²) in [7, 11) is 0. The Bertz CT molecular complexity index is 619. The first-order valence-corrected chi connectivity index (χ1v) is 10.7. The van der Waals surface area contributed by atoms with Gasteiger partial charge >= 0.3 is 0 Å². The summed E-state index contributed by atoms with van der Waals surface area (Å²) in [6.45, 7) is 10.1. The summed E-state index contributed by atoms with van der Waals surface area (Å²) in [5.41, 5.74) is -0.0381. The summed E-state index contributed by atoms with van der Waals surface area (Å²) in [5, 5.41) is 16.3. The second-order valence-electron chi connectivity index (χ2n) is 8.06. The monoisotopic (exact) mass is 392 g/mol. The molecule has 0 amide bonds. The van der Waals surface area contributed by atoms with E-state index in [0.717, 1.165) is 63.1 Å². The summed E-state index contributed by atoms with van der Waals surface area (Å²) in [4.78, 5) is 7.33. The van der Waals surface area contributed by atoms with Gasteiger partial charge in [-0.2, -0.15) is 0 Å². The zero-order valence-corrected chi connectivity index (χ0v) is 17.4. The molecular formula is C21H36N4O3. The average Bonchev–Trinajstić information content (AvgIpc) is 3.43. The number of nitrogens with one attached hydrogen (secondary N) is 2. The van der Waals surface area contributed by atoms with Crippen molar-refractivity contribution in [3.05, 3.63) is 23.7 Å². The van der Waals surface area contributed by atoms with E-state index < -0.39 is 0 Å². The van der Waals surface area contributed by atoms with Crippen molar-refractivity contribution in [2.24, 2.45) is 10.4 Å². The van der Waals surface area contributed by atoms with Gasteiger partial charge in [-0.1, -0.05) is 0 Å². The Balaban J connectivity index is 1.66. The molecule has 0 aromatic carbocycles. The number of likely N-dealkylation sites (tertiary alicyclic amines) is 1. The van der Waals surface area contributed by atoms with Crippen molar-refractivity contribution in [2.75, 3.05) is 52.5 Å². The molecule has 2 aliphatic rings. The first kappa shape index (κ1) is 21.1. The molecule has 0 aliphatic carbocycles. The molecule has 28 heavy (non-hydrogen) atoms. The lowest BCUT2D eigenvalue weighted by atomic mass is 9.84. The van der Waals surface area contributed by atoms with Crippen LogP contribution in [0.5, 0.6) is 0 Å². The van der Waals surface area contributed by atoms with Crippen LogP contribution in [0.3, 0.4) is 0 Å². The molecule has 2 atom stereocenters. The number of hydrogen-bond acceptors (Lipinski definition) is 5. The first-order chi connectivity index (χ1) is 13.7. The standard InChI is InChI=1S/C21H36N4O3/c1-3-22-20(24-15-21(8-12-26)9-13-27-16-21)23-14-18(25-10-4-5-11-25)19-7-6-17(2)28-19/h6-7,18,26H,3-5,8-16H2,1-2H3,(H2,22,23,24). The zero-order valence-electron chi connectivity index (χ0n) is 17.4. The maximum atomic E-state index is 9.43. The second kappa shape index (κ2) is 10.3. The van der Waals surface area contributed by atoms with Crippen LogP contribution in [0.1, 0.15) is 50.2 Å². The topological polar surface area (TPSA) is 82.3 Å². The van der Waals surface area contributed by atoms with Crippen LogP contribution in [0.2, 0.25) is 0 Å². The van der Waals surface area contributed by atoms with Crippen molar-refractivity contribution >= 4 is 5.96 Å². The van der Waals surface area contributed by atoms with Crippen LogP contribution < -0.4 is 10.6 Å². The summed E-state index contributed by atoms with van der Waals surface area (Å²) < 4.78 is 11.5. The van der Waals surface area contributed by atoms with Crippen LogP contribution in [0, 0.1) is 12.3 Å². The summed E-state index contributed by atoms with van der Waals surface area (Å²) >= 11 is 0. The Morgan fingerprint density at radius 3 is 2.75 bits per heavy atom. The van der Waals surface area contributed by atoms with E-state index in [2.05, 4.69) is 28.5 Å². The normalized spacial score (nSPS) is 24.6. The third kappa shape index (κ3) is 5.49. The quantitative estimate of drug-likeness (QED) is 0.441. The number of aliphatic hydroxyl groups is 1. The van der Waals surface area contributed by atoms with Crippen molar-refractivity contribution in [2.45, 2.75) is 45.6 Å². The van der Waals surface area contributed by atoms with E-state index in [1.807, 2.05) is 13.0 Å². The van der Waals surface area contributed by atoms with E-state index in [-0.39, 0.29) is 18.1 Å². The molecule has 0 radical (unpaired) electrons. The van der Waals surface area contributed by atoms with Crippen molar-refractivity contribution < 1.29 is 14.3 Å². The molecule has 3 heterocycles. The van der Waals surface area contributed by atoms with E-state index >= 15 is 0 Å². The lowest BCUT2D eigenvalue weighted by molar-refractivity contribution is 0.131. The molecular weight excluding hydrogens is 356 g/mol. The van der Waals surface area contributed by atoms with Gasteiger partial charge in [-0.15, -0.1) is 0 Å². The molecule has 1 aromatic heterocycles. The van der Waals surface area contributed by atoms with Crippen LogP contribution in [0.15, 0.2) is 21.5 Å². The van der Waals surface area contributed by atoms with Crippen LogP contribution >= 0.6 is 0 Å². The maximum Gasteiger partial charge on any atom is 0.191 e. The van der Waals surface area contributed by atoms with Crippen molar-refractivity contribution in [3.63, 3.8) is 0 Å². The molecule has 7 nitrogen and oxygen atoms in total. The molecule has 0 spiro atoms. The predicted octanol–water partition coefficient (Wildman–Crippen LogP) is 2.07. The smallest absolute Gasteiger partial charge is 0.191 e. The van der Waals surface area contributed by atoms with Crippen LogP contribution in [-0.4, -0.2) is 68.5 Å². The van der Waals surface area contributed by atoms with Gasteiger partial charge in [0.25, 0.3) is 0 Å². The first-order valence-electron chi connectivity index (χ1n) is 10.7. The fourth-order valence-electron chi connectivity index (χ4n) is 4.16. The summed E-state index contributed by atoms with van der Waals surface area (Å²) in [5.74, 6) is 2.79. The Morgan fingerprint density at radius 1 is 1.32 bits per heavy atom. The number of aryl methyl sites for hydroxylation is 1. The molecule has 2 saturated heterocycles. The molecule has 2 aliphatic heterocycles. The predicted molar refractivity (Wildman–Crippen MR) is 111 cm³/mol. The summed E-state index contributed by atoms with van der Waals surface area (Å²) in [6, 6.07) is 4.34. The molecule has 1 aromatic rings. The molecule has 3 N–H and O–H groups in total. The van der Waals surface area contributed by atoms with Gasteiger partial charge in [0.1, 0.15) is 11.5 Å². The third-order valence-corrected chi connectivity index (χ3v) is 5.88. The Kier molecular flexibility index (Phi) is 7.76. The molecule has 3 rings (SSSR count). The number of ether oxygens (including phenoxy) is 1. The van der Waals surface area contributed by atoms with Gasteiger partial charge in [0.05, 0.1) is 19.2 Å². The highest BCUT2D eigenvalue weighted by Crippen LogP contribution is 2.32. The van der Waals surface area contributed by atoms with E-state index in [9.17, 15) is 5.11 Å². The third-order valence-electron chi connectivity index (χ3n) is 5.88. The van der Waals surface area contributed by atoms with Gasteiger partial charge in [0, 0.05) is 31.7 Å². The zero-order chi connectivity index (χ0) is 19.8. The molecule has 2 fully saturated rings. The van der Waals surface area contributed by atoms with Gasteiger partial charge in [-0.25, -0.2) is 0 Å². The second-order valence-corrected chi connectivity index (χ2v) is 8.06. The Hall–Kier alpha value is -1.57. The van der Waals surface area contributed by atoms with Crippen LogP contribution in [0.25, 0.3) is 0 Å². The Morgan fingerprint density at radius 2 is 2.14 bits per heavy atom.